The predicted octanol–water partition coefficient (Wildman–Crippen LogP) is 7.64. The van der Waals surface area contributed by atoms with Gasteiger partial charge in [0.05, 0.1) is 0 Å². The van der Waals surface area contributed by atoms with Crippen molar-refractivity contribution in [1.82, 2.24) is 0 Å². The zero-order valence-corrected chi connectivity index (χ0v) is 19.5. The van der Waals surface area contributed by atoms with E-state index in [1.165, 1.54) is 25.2 Å². The second kappa shape index (κ2) is 7.83. The van der Waals surface area contributed by atoms with Gasteiger partial charge in [0.25, 0.3) is 0 Å². The summed E-state index contributed by atoms with van der Waals surface area (Å²) >= 11 is 0. The van der Waals surface area contributed by atoms with Crippen LogP contribution in [0, 0.1) is 10.8 Å². The monoisotopic (exact) mass is 346 g/mol. The third-order valence-electron chi connectivity index (χ3n) is 4.76. The smallest absolute Gasteiger partial charge is 0.0148 e. The van der Waals surface area contributed by atoms with Crippen molar-refractivity contribution in [2.45, 2.75) is 92.4 Å². The fraction of sp³-hybridized carbons (Fsp3) is 1.00. The maximum atomic E-state index is 2.54. The molecule has 0 aliphatic rings. The Bertz CT molecular complexity index is 295. The topological polar surface area (TPSA) is 0 Å². The van der Waals surface area contributed by atoms with Crippen LogP contribution in [0.15, 0.2) is 0 Å². The molecule has 2 heteroatoms. The zero-order valence-electron chi connectivity index (χ0n) is 17.7. The first-order valence-electron chi connectivity index (χ1n) is 8.89. The van der Waals surface area contributed by atoms with Gasteiger partial charge in [-0.15, -0.1) is 15.8 Å². The summed E-state index contributed by atoms with van der Waals surface area (Å²) in [5.74, 6) is 0. The van der Waals surface area contributed by atoms with Gasteiger partial charge in [-0.05, 0) is 59.6 Å². The molecule has 0 bridgehead atoms. The largest absolute Gasteiger partial charge is 0.104 e. The summed E-state index contributed by atoms with van der Waals surface area (Å²) in [4.78, 5) is 0. The van der Waals surface area contributed by atoms with Crippen molar-refractivity contribution in [3.05, 3.63) is 0 Å². The van der Waals surface area contributed by atoms with Gasteiger partial charge in [0, 0.05) is 0 Å². The molecular weight excluding hydrogens is 302 g/mol. The normalized spacial score (nSPS) is 17.5. The number of hydrogen-bond acceptors (Lipinski definition) is 0. The van der Waals surface area contributed by atoms with E-state index in [1.807, 2.05) is 0 Å². The minimum absolute atomic E-state index is 0.115. The molecule has 0 aromatic heterocycles. The summed E-state index contributed by atoms with van der Waals surface area (Å²) < 4.78 is 0. The van der Waals surface area contributed by atoms with Gasteiger partial charge in [-0.3, -0.25) is 0 Å². The van der Waals surface area contributed by atoms with Gasteiger partial charge in [0.15, 0.2) is 0 Å². The van der Waals surface area contributed by atoms with Gasteiger partial charge < -0.3 is 0 Å². The van der Waals surface area contributed by atoms with E-state index in [2.05, 4.69) is 82.6 Å². The predicted molar refractivity (Wildman–Crippen MR) is 112 cm³/mol. The third kappa shape index (κ3) is 9.23. The molecule has 0 aromatic rings. The summed E-state index contributed by atoms with van der Waals surface area (Å²) in [6, 6.07) is 0. The molecule has 0 rings (SSSR count). The van der Waals surface area contributed by atoms with Gasteiger partial charge in [0.1, 0.15) is 0 Å². The first kappa shape index (κ1) is 22.9. The molecule has 0 heterocycles. The molecule has 0 nitrogen and oxygen atoms in total. The lowest BCUT2D eigenvalue weighted by Crippen LogP contribution is -2.28. The molecule has 0 saturated heterocycles. The molecule has 0 aliphatic heterocycles. The SMILES string of the molecule is C[P@@](CC[P@](C)C(C)(C)CC(C)(C)C)C(C)(C)CC(C)(C)C. The Morgan fingerprint density at radius 2 is 0.727 bits per heavy atom. The molecule has 134 valence electrons. The van der Waals surface area contributed by atoms with E-state index in [-0.39, 0.29) is 15.8 Å². The molecule has 0 saturated carbocycles. The van der Waals surface area contributed by atoms with Crippen LogP contribution in [-0.2, 0) is 0 Å². The van der Waals surface area contributed by atoms with Crippen molar-refractivity contribution in [3.63, 3.8) is 0 Å². The van der Waals surface area contributed by atoms with Crippen molar-refractivity contribution < 1.29 is 0 Å². The molecule has 0 spiro atoms. The van der Waals surface area contributed by atoms with Crippen LogP contribution in [0.3, 0.4) is 0 Å². The van der Waals surface area contributed by atoms with Crippen LogP contribution >= 0.6 is 15.8 Å². The molecule has 0 unspecified atom stereocenters. The molecule has 2 atom stereocenters. The van der Waals surface area contributed by atoms with Crippen molar-refractivity contribution in [2.24, 2.45) is 10.8 Å². The van der Waals surface area contributed by atoms with Gasteiger partial charge in [0.2, 0.25) is 0 Å². The highest BCUT2D eigenvalue weighted by Crippen LogP contribution is 2.57. The summed E-state index contributed by atoms with van der Waals surface area (Å²) in [5.41, 5.74) is 0.894. The quantitative estimate of drug-likeness (QED) is 0.415. The highest BCUT2D eigenvalue weighted by Gasteiger charge is 2.33. The number of hydrogen-bond donors (Lipinski definition) is 0. The maximum Gasteiger partial charge on any atom is -0.0148 e. The maximum absolute atomic E-state index is 2.54. The Balaban J connectivity index is 4.60. The molecular formula is C20H44P2. The lowest BCUT2D eigenvalue weighted by atomic mass is 9.86. The van der Waals surface area contributed by atoms with E-state index in [0.29, 0.717) is 21.1 Å². The minimum atomic E-state index is 0.115. The van der Waals surface area contributed by atoms with E-state index in [0.717, 1.165) is 0 Å². The fourth-order valence-electron chi connectivity index (χ4n) is 3.77. The minimum Gasteiger partial charge on any atom is -0.104 e. The van der Waals surface area contributed by atoms with Crippen LogP contribution in [0.2, 0.25) is 0 Å². The molecule has 0 aromatic carbocycles. The molecule has 0 aliphatic carbocycles. The lowest BCUT2D eigenvalue weighted by Gasteiger charge is -2.41. The van der Waals surface area contributed by atoms with E-state index < -0.39 is 0 Å². The summed E-state index contributed by atoms with van der Waals surface area (Å²) in [5, 5.41) is 1.02. The fourth-order valence-corrected chi connectivity index (χ4v) is 8.87. The Morgan fingerprint density at radius 3 is 0.909 bits per heavy atom. The van der Waals surface area contributed by atoms with E-state index >= 15 is 0 Å². The van der Waals surface area contributed by atoms with Gasteiger partial charge in [-0.1, -0.05) is 69.2 Å². The molecule has 0 amide bonds. The van der Waals surface area contributed by atoms with Crippen molar-refractivity contribution in [1.29, 1.82) is 0 Å². The van der Waals surface area contributed by atoms with Crippen molar-refractivity contribution in [2.75, 3.05) is 25.7 Å². The highest BCUT2D eigenvalue weighted by molar-refractivity contribution is 7.62. The second-order valence-corrected chi connectivity index (χ2v) is 17.1. The summed E-state index contributed by atoms with van der Waals surface area (Å²) in [6.45, 7) is 29.4. The Labute approximate surface area is 145 Å². The first-order valence-corrected chi connectivity index (χ1v) is 12.8. The van der Waals surface area contributed by atoms with Gasteiger partial charge >= 0.3 is 0 Å². The zero-order chi connectivity index (χ0) is 18.0. The average molecular weight is 347 g/mol. The Kier molecular flexibility index (Phi) is 8.13. The molecule has 22 heavy (non-hydrogen) atoms. The first-order chi connectivity index (χ1) is 9.46. The van der Waals surface area contributed by atoms with Crippen molar-refractivity contribution in [3.8, 4) is 0 Å². The van der Waals surface area contributed by atoms with E-state index in [9.17, 15) is 0 Å². The van der Waals surface area contributed by atoms with Crippen LogP contribution in [-0.4, -0.2) is 36.0 Å². The molecule has 0 fully saturated rings. The molecule has 0 N–H and O–H groups in total. The van der Waals surface area contributed by atoms with E-state index in [4.69, 9.17) is 0 Å². The molecule has 0 radical (unpaired) electrons. The summed E-state index contributed by atoms with van der Waals surface area (Å²) in [7, 11) is 0.231. The van der Waals surface area contributed by atoms with Crippen LogP contribution in [0.4, 0.5) is 0 Å². The van der Waals surface area contributed by atoms with Crippen LogP contribution in [0.1, 0.15) is 82.1 Å². The standard InChI is InChI=1S/C20H44P2/c1-17(2,3)15-19(7,8)21(11)13-14-22(12)20(9,10)16-18(4,5)6/h13-16H2,1-12H3/t21-,22-/m0/s1. The van der Waals surface area contributed by atoms with E-state index in [1.54, 1.807) is 0 Å². The highest BCUT2D eigenvalue weighted by atomic mass is 31.1. The van der Waals surface area contributed by atoms with Crippen LogP contribution in [0.5, 0.6) is 0 Å². The van der Waals surface area contributed by atoms with Crippen molar-refractivity contribution >= 4 is 15.8 Å². The lowest BCUT2D eigenvalue weighted by molar-refractivity contribution is 0.335. The van der Waals surface area contributed by atoms with Crippen LogP contribution in [0.25, 0.3) is 0 Å². The second-order valence-electron chi connectivity index (χ2n) is 10.9. The Morgan fingerprint density at radius 1 is 0.500 bits per heavy atom. The average Bonchev–Trinajstić information content (AvgIpc) is 2.17. The van der Waals surface area contributed by atoms with Gasteiger partial charge in [-0.2, -0.15) is 0 Å². The number of rotatable bonds is 7. The Hall–Kier alpha value is 0.860. The van der Waals surface area contributed by atoms with Crippen LogP contribution < -0.4 is 0 Å². The van der Waals surface area contributed by atoms with Gasteiger partial charge in [-0.25, -0.2) is 0 Å². The third-order valence-corrected chi connectivity index (χ3v) is 11.4. The summed E-state index contributed by atoms with van der Waals surface area (Å²) in [6.07, 6.45) is 5.59.